The zero-order valence-electron chi connectivity index (χ0n) is 12.1. The highest BCUT2D eigenvalue weighted by Gasteiger charge is 2.17. The van der Waals surface area contributed by atoms with E-state index in [9.17, 15) is 9.50 Å². The summed E-state index contributed by atoms with van der Waals surface area (Å²) in [5.41, 5.74) is 0.914. The smallest absolute Gasteiger partial charge is 0.131 e. The lowest BCUT2D eigenvalue weighted by molar-refractivity contribution is 0.483. The van der Waals surface area contributed by atoms with Gasteiger partial charge in [-0.1, -0.05) is 64.5 Å². The molecule has 0 aromatic heterocycles. The minimum absolute atomic E-state index is 0.108. The Balaban J connectivity index is 2.25. The van der Waals surface area contributed by atoms with Crippen molar-refractivity contribution in [2.75, 3.05) is 0 Å². The standard InChI is InChI=1S/C20H12BrFO/c21-12-9-10-18(22)17(11-12)19-15-7-3-1-5-13(15)14-6-2-4-8-16(14)20(19)23/h1-11,23H. The van der Waals surface area contributed by atoms with Gasteiger partial charge in [-0.05, 0) is 34.4 Å². The Labute approximate surface area is 141 Å². The van der Waals surface area contributed by atoms with Crippen LogP contribution in [0.15, 0.2) is 71.2 Å². The Hall–Kier alpha value is -2.39. The lowest BCUT2D eigenvalue weighted by atomic mass is 9.92. The highest BCUT2D eigenvalue weighted by atomic mass is 79.9. The predicted octanol–water partition coefficient (Wildman–Crippen LogP) is 6.27. The van der Waals surface area contributed by atoms with Crippen molar-refractivity contribution in [2.45, 2.75) is 0 Å². The molecule has 0 unspecified atom stereocenters. The average molecular weight is 367 g/mol. The summed E-state index contributed by atoms with van der Waals surface area (Å²) in [6.07, 6.45) is 0. The minimum Gasteiger partial charge on any atom is -0.507 e. The van der Waals surface area contributed by atoms with Crippen molar-refractivity contribution in [1.82, 2.24) is 0 Å². The van der Waals surface area contributed by atoms with E-state index in [0.717, 1.165) is 26.0 Å². The summed E-state index contributed by atoms with van der Waals surface area (Å²) in [7, 11) is 0. The monoisotopic (exact) mass is 366 g/mol. The number of rotatable bonds is 1. The van der Waals surface area contributed by atoms with E-state index in [4.69, 9.17) is 0 Å². The second-order valence-corrected chi connectivity index (χ2v) is 6.35. The summed E-state index contributed by atoms with van der Waals surface area (Å²) in [5, 5.41) is 14.3. The molecule has 0 amide bonds. The van der Waals surface area contributed by atoms with E-state index in [-0.39, 0.29) is 11.6 Å². The van der Waals surface area contributed by atoms with Crippen molar-refractivity contribution in [3.63, 3.8) is 0 Å². The first kappa shape index (κ1) is 14.2. The Morgan fingerprint density at radius 2 is 1.30 bits per heavy atom. The maximum atomic E-state index is 14.4. The van der Waals surface area contributed by atoms with Crippen LogP contribution in [0.5, 0.6) is 5.75 Å². The van der Waals surface area contributed by atoms with Gasteiger partial charge in [0.2, 0.25) is 0 Å². The molecule has 0 saturated carbocycles. The van der Waals surface area contributed by atoms with Crippen LogP contribution in [0.2, 0.25) is 0 Å². The Morgan fingerprint density at radius 3 is 2.00 bits per heavy atom. The normalized spacial score (nSPS) is 11.2. The molecule has 0 bridgehead atoms. The fourth-order valence-corrected chi connectivity index (χ4v) is 3.45. The van der Waals surface area contributed by atoms with Crippen LogP contribution in [0.4, 0.5) is 4.39 Å². The van der Waals surface area contributed by atoms with Crippen molar-refractivity contribution in [3.05, 3.63) is 77.0 Å². The van der Waals surface area contributed by atoms with Crippen LogP contribution in [0.25, 0.3) is 32.7 Å². The van der Waals surface area contributed by atoms with Crippen molar-refractivity contribution in [1.29, 1.82) is 0 Å². The Bertz CT molecular complexity index is 1060. The summed E-state index contributed by atoms with van der Waals surface area (Å²) >= 11 is 3.38. The summed E-state index contributed by atoms with van der Waals surface area (Å²) < 4.78 is 15.2. The van der Waals surface area contributed by atoms with Gasteiger partial charge >= 0.3 is 0 Å². The fraction of sp³-hybridized carbons (Fsp3) is 0. The van der Waals surface area contributed by atoms with Crippen LogP contribution >= 0.6 is 15.9 Å². The lowest BCUT2D eigenvalue weighted by Gasteiger charge is -2.14. The number of hydrogen-bond donors (Lipinski definition) is 1. The van der Waals surface area contributed by atoms with Gasteiger partial charge in [0.05, 0.1) is 0 Å². The van der Waals surface area contributed by atoms with Crippen molar-refractivity contribution in [2.24, 2.45) is 0 Å². The van der Waals surface area contributed by atoms with Gasteiger partial charge in [-0.25, -0.2) is 4.39 Å². The largest absolute Gasteiger partial charge is 0.507 e. The molecule has 0 atom stereocenters. The third-order valence-corrected chi connectivity index (χ3v) is 4.60. The van der Waals surface area contributed by atoms with E-state index in [2.05, 4.69) is 15.9 Å². The molecule has 0 saturated heterocycles. The van der Waals surface area contributed by atoms with Crippen LogP contribution in [-0.4, -0.2) is 5.11 Å². The second-order valence-electron chi connectivity index (χ2n) is 5.44. The van der Waals surface area contributed by atoms with E-state index in [1.807, 2.05) is 48.5 Å². The number of benzene rings is 4. The van der Waals surface area contributed by atoms with Gasteiger partial charge in [0.1, 0.15) is 11.6 Å². The molecule has 0 fully saturated rings. The summed E-state index contributed by atoms with van der Waals surface area (Å²) in [4.78, 5) is 0. The molecule has 4 aromatic rings. The maximum absolute atomic E-state index is 14.4. The molecule has 0 heterocycles. The lowest BCUT2D eigenvalue weighted by Crippen LogP contribution is -1.89. The molecule has 3 heteroatoms. The number of phenols is 1. The third-order valence-electron chi connectivity index (χ3n) is 4.10. The molecule has 0 aliphatic heterocycles. The third kappa shape index (κ3) is 2.20. The number of fused-ring (bicyclic) bond motifs is 3. The van der Waals surface area contributed by atoms with Gasteiger partial charge in [-0.2, -0.15) is 0 Å². The van der Waals surface area contributed by atoms with Gasteiger partial charge in [0.15, 0.2) is 0 Å². The molecular formula is C20H12BrFO. The molecule has 0 aliphatic carbocycles. The first-order valence-corrected chi connectivity index (χ1v) is 8.04. The van der Waals surface area contributed by atoms with Crippen molar-refractivity contribution >= 4 is 37.5 Å². The first-order valence-electron chi connectivity index (χ1n) is 7.24. The molecule has 0 radical (unpaired) electrons. The average Bonchev–Trinajstić information content (AvgIpc) is 2.58. The first-order chi connectivity index (χ1) is 11.2. The Kier molecular flexibility index (Phi) is 3.31. The van der Waals surface area contributed by atoms with Crippen LogP contribution in [0.3, 0.4) is 0 Å². The predicted molar refractivity (Wildman–Crippen MR) is 96.2 cm³/mol. The maximum Gasteiger partial charge on any atom is 0.131 e. The van der Waals surface area contributed by atoms with Crippen LogP contribution < -0.4 is 0 Å². The van der Waals surface area contributed by atoms with Gasteiger partial charge in [-0.15, -0.1) is 0 Å². The van der Waals surface area contributed by atoms with Crippen molar-refractivity contribution in [3.8, 4) is 16.9 Å². The second kappa shape index (κ2) is 5.36. The summed E-state index contributed by atoms with van der Waals surface area (Å²) in [6.45, 7) is 0. The highest BCUT2D eigenvalue weighted by molar-refractivity contribution is 9.10. The van der Waals surface area contributed by atoms with Gasteiger partial charge in [0, 0.05) is 21.0 Å². The van der Waals surface area contributed by atoms with Crippen LogP contribution in [0, 0.1) is 5.82 Å². The van der Waals surface area contributed by atoms with Crippen molar-refractivity contribution < 1.29 is 9.50 Å². The molecule has 4 rings (SSSR count). The highest BCUT2D eigenvalue weighted by Crippen LogP contribution is 2.44. The topological polar surface area (TPSA) is 20.2 Å². The number of hydrogen-bond acceptors (Lipinski definition) is 1. The molecule has 1 N–H and O–H groups in total. The number of phenolic OH excluding ortho intramolecular Hbond substituents is 1. The summed E-state index contributed by atoms with van der Waals surface area (Å²) in [6, 6.07) is 20.2. The van der Waals surface area contributed by atoms with E-state index >= 15 is 0 Å². The number of aromatic hydroxyl groups is 1. The van der Waals surface area contributed by atoms with Gasteiger partial charge in [-0.3, -0.25) is 0 Å². The molecule has 1 nitrogen and oxygen atoms in total. The van der Waals surface area contributed by atoms with Gasteiger partial charge < -0.3 is 5.11 Å². The minimum atomic E-state index is -0.357. The van der Waals surface area contributed by atoms with E-state index < -0.39 is 0 Å². The summed E-state index contributed by atoms with van der Waals surface area (Å²) in [5.74, 6) is -0.250. The quantitative estimate of drug-likeness (QED) is 0.393. The molecule has 0 aliphatic rings. The fourth-order valence-electron chi connectivity index (χ4n) is 3.08. The van der Waals surface area contributed by atoms with Crippen LogP contribution in [0.1, 0.15) is 0 Å². The van der Waals surface area contributed by atoms with E-state index in [1.54, 1.807) is 12.1 Å². The van der Waals surface area contributed by atoms with E-state index in [0.29, 0.717) is 11.1 Å². The molecule has 23 heavy (non-hydrogen) atoms. The Morgan fingerprint density at radius 1 is 0.739 bits per heavy atom. The van der Waals surface area contributed by atoms with Gasteiger partial charge in [0.25, 0.3) is 0 Å². The van der Waals surface area contributed by atoms with E-state index in [1.165, 1.54) is 6.07 Å². The molecule has 0 spiro atoms. The zero-order valence-corrected chi connectivity index (χ0v) is 13.6. The molecular weight excluding hydrogens is 355 g/mol. The molecule has 112 valence electrons. The SMILES string of the molecule is Oc1c(-c2cc(Br)ccc2F)c2ccccc2c2ccccc12. The molecule has 4 aromatic carbocycles. The van der Waals surface area contributed by atoms with Crippen LogP contribution in [-0.2, 0) is 0 Å². The number of halogens is 2. The zero-order chi connectivity index (χ0) is 16.0.